The zero-order valence-electron chi connectivity index (χ0n) is 19.6. The summed E-state index contributed by atoms with van der Waals surface area (Å²) in [5.41, 5.74) is 0.298. The van der Waals surface area contributed by atoms with Gasteiger partial charge < -0.3 is 4.74 Å². The molecule has 0 amide bonds. The molecule has 192 valence electrons. The maximum atomic E-state index is 14.7. The molecule has 0 bridgehead atoms. The summed E-state index contributed by atoms with van der Waals surface area (Å²) in [5.74, 6) is -7.43. The minimum Gasteiger partial charge on any atom is -0.426 e. The van der Waals surface area contributed by atoms with Crippen molar-refractivity contribution in [3.05, 3.63) is 99.9 Å². The molecule has 1 nitrogen and oxygen atoms in total. The zero-order valence-corrected chi connectivity index (χ0v) is 19.6. The fourth-order valence-corrected chi connectivity index (χ4v) is 4.61. The van der Waals surface area contributed by atoms with Crippen LogP contribution in [0, 0.1) is 35.0 Å². The molecule has 0 saturated heterocycles. The first-order valence-corrected chi connectivity index (χ1v) is 11.8. The lowest BCUT2D eigenvalue weighted by molar-refractivity contribution is -0.187. The highest BCUT2D eigenvalue weighted by molar-refractivity contribution is 5.34. The molecule has 3 aromatic rings. The van der Waals surface area contributed by atoms with Crippen LogP contribution < -0.4 is 4.74 Å². The Morgan fingerprint density at radius 3 is 1.97 bits per heavy atom. The smallest absolute Gasteiger partial charge is 0.426 e. The predicted octanol–water partition coefficient (Wildman–Crippen LogP) is 8.59. The van der Waals surface area contributed by atoms with Crippen LogP contribution in [0.3, 0.4) is 0 Å². The Balaban J connectivity index is 1.44. The van der Waals surface area contributed by atoms with Crippen molar-refractivity contribution in [2.45, 2.75) is 57.5 Å². The summed E-state index contributed by atoms with van der Waals surface area (Å²) < 4.78 is 103. The SMILES string of the molecule is CC1CCC(c2ccc(C(F)(F)Oc3ccc(CCc4cc(F)c(F)c(F)c4)c(F)c3F)cc2)CC1. The monoisotopic (exact) mass is 510 g/mol. The molecule has 1 saturated carbocycles. The van der Waals surface area contributed by atoms with Gasteiger partial charge in [-0.2, -0.15) is 13.2 Å². The van der Waals surface area contributed by atoms with E-state index in [0.29, 0.717) is 11.8 Å². The molecule has 0 heterocycles. The van der Waals surface area contributed by atoms with Crippen molar-refractivity contribution < 1.29 is 35.5 Å². The average molecular weight is 510 g/mol. The molecule has 0 unspecified atom stereocenters. The van der Waals surface area contributed by atoms with E-state index < -0.39 is 46.5 Å². The van der Waals surface area contributed by atoms with Gasteiger partial charge in [-0.3, -0.25) is 0 Å². The Hall–Kier alpha value is -3.03. The molecule has 1 fully saturated rings. The molecule has 36 heavy (non-hydrogen) atoms. The lowest BCUT2D eigenvalue weighted by atomic mass is 9.79. The number of halogens is 7. The third-order valence-electron chi connectivity index (χ3n) is 6.83. The molecule has 0 aliphatic heterocycles. The third-order valence-corrected chi connectivity index (χ3v) is 6.83. The zero-order chi connectivity index (χ0) is 26.0. The molecule has 0 spiro atoms. The summed E-state index contributed by atoms with van der Waals surface area (Å²) >= 11 is 0. The summed E-state index contributed by atoms with van der Waals surface area (Å²) in [5, 5.41) is 0. The molecule has 4 rings (SSSR count). The van der Waals surface area contributed by atoms with Crippen LogP contribution in [0.15, 0.2) is 48.5 Å². The van der Waals surface area contributed by atoms with E-state index in [9.17, 15) is 30.7 Å². The van der Waals surface area contributed by atoms with Crippen LogP contribution >= 0.6 is 0 Å². The molecule has 8 heteroatoms. The molecule has 3 aromatic carbocycles. The van der Waals surface area contributed by atoms with Gasteiger partial charge in [0.15, 0.2) is 29.0 Å². The minimum absolute atomic E-state index is 0.0317. The minimum atomic E-state index is -3.91. The van der Waals surface area contributed by atoms with Crippen LogP contribution in [0.2, 0.25) is 0 Å². The van der Waals surface area contributed by atoms with Crippen LogP contribution in [0.25, 0.3) is 0 Å². The molecule has 0 atom stereocenters. The normalized spacial score (nSPS) is 18.3. The van der Waals surface area contributed by atoms with Crippen molar-refractivity contribution in [3.63, 3.8) is 0 Å². The standard InChI is InChI=1S/C28H25F7O/c1-16-2-5-18(6-3-16)19-8-11-21(12-9-19)28(34,35)36-24-13-10-20(25(31)27(24)33)7-4-17-14-22(29)26(32)23(30)15-17/h8-16,18H,2-7H2,1H3. The van der Waals surface area contributed by atoms with Gasteiger partial charge in [-0.25, -0.2) is 17.6 Å². The first kappa shape index (κ1) is 26.0. The third kappa shape index (κ3) is 5.68. The van der Waals surface area contributed by atoms with Gasteiger partial charge in [0.2, 0.25) is 5.82 Å². The number of ether oxygens (including phenoxy) is 1. The summed E-state index contributed by atoms with van der Waals surface area (Å²) in [6.07, 6.45) is -0.0744. The Bertz CT molecular complexity index is 1190. The number of hydrogen-bond donors (Lipinski definition) is 0. The van der Waals surface area contributed by atoms with Gasteiger partial charge in [0, 0.05) is 0 Å². The first-order valence-electron chi connectivity index (χ1n) is 11.8. The summed E-state index contributed by atoms with van der Waals surface area (Å²) in [6.45, 7) is 2.19. The quantitative estimate of drug-likeness (QED) is 0.229. The van der Waals surface area contributed by atoms with E-state index in [0.717, 1.165) is 55.5 Å². The molecular formula is C28H25F7O. The van der Waals surface area contributed by atoms with Crippen LogP contribution in [0.4, 0.5) is 30.7 Å². The molecule has 1 aliphatic carbocycles. The average Bonchev–Trinajstić information content (AvgIpc) is 2.85. The number of rotatable bonds is 7. The van der Waals surface area contributed by atoms with Gasteiger partial charge in [0.05, 0.1) is 5.56 Å². The number of aryl methyl sites for hydroxylation is 2. The highest BCUT2D eigenvalue weighted by Gasteiger charge is 2.36. The lowest BCUT2D eigenvalue weighted by Crippen LogP contribution is -2.23. The van der Waals surface area contributed by atoms with E-state index in [1.54, 1.807) is 12.1 Å². The second kappa shape index (κ2) is 10.5. The number of benzene rings is 3. The molecule has 1 aliphatic rings. The highest BCUT2D eigenvalue weighted by Crippen LogP contribution is 2.38. The van der Waals surface area contributed by atoms with E-state index in [1.165, 1.54) is 12.1 Å². The van der Waals surface area contributed by atoms with Gasteiger partial charge in [0.25, 0.3) is 0 Å². The largest absolute Gasteiger partial charge is 0.426 e. The van der Waals surface area contributed by atoms with E-state index in [-0.39, 0.29) is 24.0 Å². The van der Waals surface area contributed by atoms with Gasteiger partial charge in [-0.05, 0) is 84.5 Å². The molecular weight excluding hydrogens is 485 g/mol. The Kier molecular flexibility index (Phi) is 7.62. The van der Waals surface area contributed by atoms with Gasteiger partial charge in [-0.1, -0.05) is 38.0 Å². The van der Waals surface area contributed by atoms with Crippen molar-refractivity contribution in [2.75, 3.05) is 0 Å². The highest BCUT2D eigenvalue weighted by atomic mass is 19.3. The van der Waals surface area contributed by atoms with E-state index in [4.69, 9.17) is 0 Å². The van der Waals surface area contributed by atoms with Gasteiger partial charge in [-0.15, -0.1) is 0 Å². The number of hydrogen-bond acceptors (Lipinski definition) is 1. The molecule has 0 N–H and O–H groups in total. The van der Waals surface area contributed by atoms with E-state index >= 15 is 0 Å². The van der Waals surface area contributed by atoms with Crippen molar-refractivity contribution in [2.24, 2.45) is 5.92 Å². The Morgan fingerprint density at radius 1 is 0.750 bits per heavy atom. The Labute approximate surface area is 204 Å². The predicted molar refractivity (Wildman–Crippen MR) is 121 cm³/mol. The van der Waals surface area contributed by atoms with Crippen LogP contribution in [-0.4, -0.2) is 0 Å². The first-order chi connectivity index (χ1) is 17.0. The number of alkyl halides is 2. The fourth-order valence-electron chi connectivity index (χ4n) is 4.61. The van der Waals surface area contributed by atoms with Gasteiger partial charge in [0.1, 0.15) is 0 Å². The van der Waals surface area contributed by atoms with E-state index in [1.807, 2.05) is 0 Å². The lowest BCUT2D eigenvalue weighted by Gasteiger charge is -2.27. The Morgan fingerprint density at radius 2 is 1.36 bits per heavy atom. The summed E-state index contributed by atoms with van der Waals surface area (Å²) in [7, 11) is 0. The van der Waals surface area contributed by atoms with Gasteiger partial charge >= 0.3 is 6.11 Å². The van der Waals surface area contributed by atoms with Crippen molar-refractivity contribution in [3.8, 4) is 5.75 Å². The molecule has 0 radical (unpaired) electrons. The maximum absolute atomic E-state index is 14.7. The van der Waals surface area contributed by atoms with Crippen molar-refractivity contribution in [1.29, 1.82) is 0 Å². The maximum Gasteiger partial charge on any atom is 0.426 e. The van der Waals surface area contributed by atoms with Crippen molar-refractivity contribution in [1.82, 2.24) is 0 Å². The second-order valence-corrected chi connectivity index (χ2v) is 9.42. The van der Waals surface area contributed by atoms with Crippen LogP contribution in [0.1, 0.15) is 60.8 Å². The summed E-state index contributed by atoms with van der Waals surface area (Å²) in [6, 6.07) is 9.16. The van der Waals surface area contributed by atoms with Crippen molar-refractivity contribution >= 4 is 0 Å². The van der Waals surface area contributed by atoms with Crippen LogP contribution in [0.5, 0.6) is 5.75 Å². The van der Waals surface area contributed by atoms with Crippen LogP contribution in [-0.2, 0) is 19.0 Å². The topological polar surface area (TPSA) is 9.23 Å². The van der Waals surface area contributed by atoms with E-state index in [2.05, 4.69) is 11.7 Å². The fraction of sp³-hybridized carbons (Fsp3) is 0.357. The summed E-state index contributed by atoms with van der Waals surface area (Å²) in [4.78, 5) is 0. The molecule has 0 aromatic heterocycles. The second-order valence-electron chi connectivity index (χ2n) is 9.42.